The highest BCUT2D eigenvalue weighted by molar-refractivity contribution is 8.18. The fourth-order valence-electron chi connectivity index (χ4n) is 3.02. The third kappa shape index (κ3) is 4.72. The van der Waals surface area contributed by atoms with Gasteiger partial charge in [-0.25, -0.2) is 4.99 Å². The quantitative estimate of drug-likeness (QED) is 0.371. The molecule has 2 aromatic carbocycles. The Balaban J connectivity index is 1.60. The first-order chi connectivity index (χ1) is 14.7. The third-order valence-electron chi connectivity index (χ3n) is 4.49. The molecule has 0 aliphatic carbocycles. The van der Waals surface area contributed by atoms with Crippen molar-refractivity contribution in [3.05, 3.63) is 83.5 Å². The van der Waals surface area contributed by atoms with Crippen molar-refractivity contribution in [1.82, 2.24) is 4.90 Å². The minimum absolute atomic E-state index is 0.0907. The van der Waals surface area contributed by atoms with Crippen molar-refractivity contribution in [1.29, 1.82) is 0 Å². The molecule has 0 N–H and O–H groups in total. The van der Waals surface area contributed by atoms with Crippen molar-refractivity contribution < 1.29 is 13.9 Å². The molecule has 5 nitrogen and oxygen atoms in total. The minimum atomic E-state index is -0.0907. The maximum Gasteiger partial charge on any atom is 0.266 e. The first-order valence-electron chi connectivity index (χ1n) is 9.83. The number of nitrogens with zero attached hydrogens (tertiary/aromatic N) is 2. The normalized spacial score (nSPS) is 16.7. The van der Waals surface area contributed by atoms with E-state index >= 15 is 0 Å². The second-order valence-corrected chi connectivity index (χ2v) is 7.57. The van der Waals surface area contributed by atoms with Crippen LogP contribution in [0.5, 0.6) is 0 Å². The molecule has 0 bridgehead atoms. The van der Waals surface area contributed by atoms with Crippen molar-refractivity contribution in [2.75, 3.05) is 19.8 Å². The molecule has 1 amide bonds. The van der Waals surface area contributed by atoms with Crippen molar-refractivity contribution >= 4 is 34.6 Å². The van der Waals surface area contributed by atoms with Crippen LogP contribution in [0.4, 0.5) is 5.69 Å². The number of ether oxygens (including phenoxy) is 1. The molecule has 4 rings (SSSR count). The molecule has 30 heavy (non-hydrogen) atoms. The fourth-order valence-corrected chi connectivity index (χ4v) is 4.02. The molecule has 1 fully saturated rings. The molecule has 0 saturated carbocycles. The van der Waals surface area contributed by atoms with Crippen LogP contribution in [0.15, 0.2) is 87.1 Å². The first-order valence-corrected chi connectivity index (χ1v) is 10.6. The molecule has 1 aromatic heterocycles. The number of furan rings is 1. The molecular formula is C24H22N2O3S. The second kappa shape index (κ2) is 9.61. The van der Waals surface area contributed by atoms with E-state index in [1.54, 1.807) is 11.0 Å². The largest absolute Gasteiger partial charge is 0.457 e. The summed E-state index contributed by atoms with van der Waals surface area (Å²) in [4.78, 5) is 20.0. The van der Waals surface area contributed by atoms with Crippen LogP contribution < -0.4 is 0 Å². The van der Waals surface area contributed by atoms with E-state index in [2.05, 4.69) is 4.99 Å². The molecule has 152 valence electrons. The molecule has 2 heterocycles. The lowest BCUT2D eigenvalue weighted by atomic mass is 10.2. The van der Waals surface area contributed by atoms with Gasteiger partial charge in [0, 0.05) is 18.2 Å². The Morgan fingerprint density at radius 1 is 1.03 bits per heavy atom. The number of hydrogen-bond acceptors (Lipinski definition) is 5. The maximum absolute atomic E-state index is 13.0. The van der Waals surface area contributed by atoms with Crippen LogP contribution in [-0.4, -0.2) is 35.7 Å². The molecule has 0 spiro atoms. The molecule has 0 radical (unpaired) electrons. The van der Waals surface area contributed by atoms with Crippen molar-refractivity contribution in [2.45, 2.75) is 6.92 Å². The van der Waals surface area contributed by atoms with E-state index in [9.17, 15) is 4.79 Å². The fraction of sp³-hybridized carbons (Fsp3) is 0.167. The number of benzene rings is 2. The van der Waals surface area contributed by atoms with Crippen LogP contribution in [-0.2, 0) is 9.53 Å². The summed E-state index contributed by atoms with van der Waals surface area (Å²) in [5.41, 5.74) is 1.80. The van der Waals surface area contributed by atoms with Gasteiger partial charge in [-0.3, -0.25) is 9.69 Å². The summed E-state index contributed by atoms with van der Waals surface area (Å²) in [6.07, 6.45) is 1.78. The zero-order valence-electron chi connectivity index (χ0n) is 16.7. The lowest BCUT2D eigenvalue weighted by molar-refractivity contribution is -0.122. The average molecular weight is 419 g/mol. The van der Waals surface area contributed by atoms with E-state index in [1.807, 2.05) is 79.7 Å². The van der Waals surface area contributed by atoms with E-state index in [0.717, 1.165) is 17.0 Å². The molecule has 3 aromatic rings. The van der Waals surface area contributed by atoms with Crippen molar-refractivity contribution in [2.24, 2.45) is 4.99 Å². The standard InChI is InChI=1S/C24H22N2O3S/c1-2-28-16-15-26-23(27)22(30-24(26)25-19-11-7-4-8-12-19)17-20-13-14-21(29-20)18-9-5-3-6-10-18/h3-14,17H,2,15-16H2,1H3/b22-17-,25-24?. The number of aliphatic imine (C=N–C) groups is 1. The summed E-state index contributed by atoms with van der Waals surface area (Å²) < 4.78 is 11.4. The number of amides is 1. The van der Waals surface area contributed by atoms with Gasteiger partial charge in [-0.05, 0) is 43.0 Å². The van der Waals surface area contributed by atoms with Crippen LogP contribution in [0.2, 0.25) is 0 Å². The van der Waals surface area contributed by atoms with E-state index in [1.165, 1.54) is 11.8 Å². The highest BCUT2D eigenvalue weighted by Crippen LogP contribution is 2.34. The number of amidine groups is 1. The van der Waals surface area contributed by atoms with Crippen LogP contribution in [0.3, 0.4) is 0 Å². The highest BCUT2D eigenvalue weighted by Gasteiger charge is 2.33. The highest BCUT2D eigenvalue weighted by atomic mass is 32.2. The van der Waals surface area contributed by atoms with Crippen LogP contribution in [0, 0.1) is 0 Å². The Kier molecular flexibility index (Phi) is 6.47. The minimum Gasteiger partial charge on any atom is -0.457 e. The van der Waals surface area contributed by atoms with Gasteiger partial charge in [0.25, 0.3) is 5.91 Å². The van der Waals surface area contributed by atoms with Crippen LogP contribution in [0.25, 0.3) is 17.4 Å². The van der Waals surface area contributed by atoms with E-state index < -0.39 is 0 Å². The lowest BCUT2D eigenvalue weighted by Gasteiger charge is -2.15. The molecule has 0 unspecified atom stereocenters. The van der Waals surface area contributed by atoms with Crippen molar-refractivity contribution in [3.8, 4) is 11.3 Å². The third-order valence-corrected chi connectivity index (χ3v) is 5.50. The maximum atomic E-state index is 13.0. The summed E-state index contributed by atoms with van der Waals surface area (Å²) in [5.74, 6) is 1.31. The Hall–Kier alpha value is -3.09. The molecule has 0 atom stereocenters. The summed E-state index contributed by atoms with van der Waals surface area (Å²) >= 11 is 1.35. The van der Waals surface area contributed by atoms with Gasteiger partial charge >= 0.3 is 0 Å². The molecule has 1 aliphatic rings. The van der Waals surface area contributed by atoms with E-state index in [-0.39, 0.29) is 5.91 Å². The Morgan fingerprint density at radius 2 is 1.77 bits per heavy atom. The predicted molar refractivity (Wildman–Crippen MR) is 121 cm³/mol. The monoisotopic (exact) mass is 418 g/mol. The number of hydrogen-bond donors (Lipinski definition) is 0. The van der Waals surface area contributed by atoms with E-state index in [0.29, 0.717) is 35.6 Å². The summed E-state index contributed by atoms with van der Waals surface area (Å²) in [7, 11) is 0. The van der Waals surface area contributed by atoms with Gasteiger partial charge in [0.2, 0.25) is 0 Å². The van der Waals surface area contributed by atoms with E-state index in [4.69, 9.17) is 9.15 Å². The molecule has 1 aliphatic heterocycles. The number of thioether (sulfide) groups is 1. The SMILES string of the molecule is CCOCCN1C(=O)/C(=C/c2ccc(-c3ccccc3)o2)SC1=Nc1ccccc1. The summed E-state index contributed by atoms with van der Waals surface area (Å²) in [5, 5.41) is 0.645. The topological polar surface area (TPSA) is 55.0 Å². The molecular weight excluding hydrogens is 396 g/mol. The lowest BCUT2D eigenvalue weighted by Crippen LogP contribution is -2.32. The van der Waals surface area contributed by atoms with Crippen LogP contribution in [0.1, 0.15) is 12.7 Å². The number of carbonyl (C=O) groups is 1. The van der Waals surface area contributed by atoms with Gasteiger partial charge in [-0.15, -0.1) is 0 Å². The van der Waals surface area contributed by atoms with Gasteiger partial charge in [-0.1, -0.05) is 48.5 Å². The Bertz CT molecular complexity index is 1060. The van der Waals surface area contributed by atoms with Gasteiger partial charge < -0.3 is 9.15 Å². The zero-order chi connectivity index (χ0) is 20.8. The Morgan fingerprint density at radius 3 is 2.50 bits per heavy atom. The average Bonchev–Trinajstić information content (AvgIpc) is 3.36. The van der Waals surface area contributed by atoms with Crippen LogP contribution >= 0.6 is 11.8 Å². The Labute approximate surface area is 180 Å². The number of carbonyl (C=O) groups excluding carboxylic acids is 1. The molecule has 6 heteroatoms. The number of para-hydroxylation sites is 1. The zero-order valence-corrected chi connectivity index (χ0v) is 17.5. The first kappa shape index (κ1) is 20.2. The second-order valence-electron chi connectivity index (χ2n) is 6.56. The van der Waals surface area contributed by atoms with Gasteiger partial charge in [-0.2, -0.15) is 0 Å². The number of rotatable bonds is 7. The van der Waals surface area contributed by atoms with Gasteiger partial charge in [0.15, 0.2) is 5.17 Å². The van der Waals surface area contributed by atoms with Crippen molar-refractivity contribution in [3.63, 3.8) is 0 Å². The smallest absolute Gasteiger partial charge is 0.266 e. The summed E-state index contributed by atoms with van der Waals surface area (Å²) in [6, 6.07) is 23.3. The van der Waals surface area contributed by atoms with Gasteiger partial charge in [0.1, 0.15) is 11.5 Å². The summed E-state index contributed by atoms with van der Waals surface area (Å²) in [6.45, 7) is 3.46. The molecule has 1 saturated heterocycles. The van der Waals surface area contributed by atoms with Gasteiger partial charge in [0.05, 0.1) is 23.7 Å². The predicted octanol–water partition coefficient (Wildman–Crippen LogP) is 5.59.